The standard InChI is InChI=1S/C17H22N2O3/c1-3-12(2)16(17(21)22)18-15(20)9-11-19-10-8-13-6-4-5-7-14(13)19/h4-8,10,12,16H,3,9,11H2,1-2H3,(H,18,20)(H,21,22)/t12-,16-/m0/s1. The fourth-order valence-electron chi connectivity index (χ4n) is 2.49. The molecule has 0 saturated carbocycles. The van der Waals surface area contributed by atoms with E-state index in [0.29, 0.717) is 13.0 Å². The number of hydrogen-bond acceptors (Lipinski definition) is 2. The molecule has 118 valence electrons. The minimum Gasteiger partial charge on any atom is -0.480 e. The van der Waals surface area contributed by atoms with Crippen molar-refractivity contribution in [2.24, 2.45) is 5.92 Å². The van der Waals surface area contributed by atoms with E-state index in [9.17, 15) is 14.7 Å². The summed E-state index contributed by atoms with van der Waals surface area (Å²) in [5.74, 6) is -1.30. The lowest BCUT2D eigenvalue weighted by atomic mass is 9.99. The molecule has 0 aliphatic rings. The Hall–Kier alpha value is -2.30. The fraction of sp³-hybridized carbons (Fsp3) is 0.412. The van der Waals surface area contributed by atoms with Gasteiger partial charge in [0.05, 0.1) is 0 Å². The Balaban J connectivity index is 1.96. The topological polar surface area (TPSA) is 71.3 Å². The highest BCUT2D eigenvalue weighted by Gasteiger charge is 2.24. The molecule has 1 aromatic heterocycles. The van der Waals surface area contributed by atoms with Gasteiger partial charge in [-0.1, -0.05) is 38.5 Å². The highest BCUT2D eigenvalue weighted by atomic mass is 16.4. The number of fused-ring (bicyclic) bond motifs is 1. The van der Waals surface area contributed by atoms with Crippen LogP contribution in [-0.4, -0.2) is 27.6 Å². The van der Waals surface area contributed by atoms with Crippen LogP contribution in [0.2, 0.25) is 0 Å². The number of carboxylic acid groups (broad SMARTS) is 1. The molecule has 0 fully saturated rings. The van der Waals surface area contributed by atoms with Crippen LogP contribution in [0.25, 0.3) is 10.9 Å². The number of carboxylic acids is 1. The number of benzene rings is 1. The van der Waals surface area contributed by atoms with E-state index in [1.54, 1.807) is 0 Å². The molecule has 0 bridgehead atoms. The average Bonchev–Trinajstić information content (AvgIpc) is 2.93. The van der Waals surface area contributed by atoms with E-state index in [0.717, 1.165) is 10.9 Å². The van der Waals surface area contributed by atoms with Crippen molar-refractivity contribution in [2.75, 3.05) is 0 Å². The van der Waals surface area contributed by atoms with Crippen molar-refractivity contribution in [3.8, 4) is 0 Å². The molecule has 0 aliphatic carbocycles. The van der Waals surface area contributed by atoms with Crippen molar-refractivity contribution < 1.29 is 14.7 Å². The molecule has 0 aliphatic heterocycles. The Kier molecular flexibility index (Phi) is 5.20. The summed E-state index contributed by atoms with van der Waals surface area (Å²) in [6.07, 6.45) is 2.92. The molecule has 1 heterocycles. The van der Waals surface area contributed by atoms with Gasteiger partial charge >= 0.3 is 5.97 Å². The molecule has 0 spiro atoms. The van der Waals surface area contributed by atoms with E-state index in [-0.39, 0.29) is 18.2 Å². The lowest BCUT2D eigenvalue weighted by Gasteiger charge is -2.20. The van der Waals surface area contributed by atoms with E-state index >= 15 is 0 Å². The summed E-state index contributed by atoms with van der Waals surface area (Å²) >= 11 is 0. The molecule has 2 aromatic rings. The molecule has 22 heavy (non-hydrogen) atoms. The van der Waals surface area contributed by atoms with Crippen LogP contribution in [0.4, 0.5) is 0 Å². The number of carbonyl (C=O) groups excluding carboxylic acids is 1. The molecule has 1 aromatic carbocycles. The third-order valence-electron chi connectivity index (χ3n) is 4.06. The maximum Gasteiger partial charge on any atom is 0.326 e. The number of aliphatic carboxylic acids is 1. The first-order valence-electron chi connectivity index (χ1n) is 7.59. The number of carbonyl (C=O) groups is 2. The Morgan fingerprint density at radius 1 is 1.27 bits per heavy atom. The van der Waals surface area contributed by atoms with E-state index < -0.39 is 12.0 Å². The highest BCUT2D eigenvalue weighted by Crippen LogP contribution is 2.15. The highest BCUT2D eigenvalue weighted by molar-refractivity contribution is 5.84. The monoisotopic (exact) mass is 302 g/mol. The normalized spacial score (nSPS) is 13.7. The summed E-state index contributed by atoms with van der Waals surface area (Å²) in [5.41, 5.74) is 1.08. The van der Waals surface area contributed by atoms with Gasteiger partial charge in [0.1, 0.15) is 6.04 Å². The number of hydrogen-bond donors (Lipinski definition) is 2. The lowest BCUT2D eigenvalue weighted by molar-refractivity contribution is -0.143. The van der Waals surface area contributed by atoms with Crippen LogP contribution in [0.1, 0.15) is 26.7 Å². The second-order valence-corrected chi connectivity index (χ2v) is 5.59. The third kappa shape index (κ3) is 3.67. The van der Waals surface area contributed by atoms with Gasteiger partial charge in [-0.2, -0.15) is 0 Å². The second kappa shape index (κ2) is 7.11. The minimum absolute atomic E-state index is 0.0890. The summed E-state index contributed by atoms with van der Waals surface area (Å²) in [4.78, 5) is 23.2. The van der Waals surface area contributed by atoms with Gasteiger partial charge < -0.3 is 15.0 Å². The summed E-state index contributed by atoms with van der Waals surface area (Å²) in [7, 11) is 0. The van der Waals surface area contributed by atoms with Crippen LogP contribution >= 0.6 is 0 Å². The average molecular weight is 302 g/mol. The molecule has 0 radical (unpaired) electrons. The van der Waals surface area contributed by atoms with Crippen LogP contribution in [-0.2, 0) is 16.1 Å². The number of aromatic nitrogens is 1. The maximum atomic E-state index is 12.0. The third-order valence-corrected chi connectivity index (χ3v) is 4.06. The molecule has 0 saturated heterocycles. The van der Waals surface area contributed by atoms with Gasteiger partial charge in [0.25, 0.3) is 0 Å². The molecule has 5 nitrogen and oxygen atoms in total. The minimum atomic E-state index is -0.978. The number of amides is 1. The number of nitrogens with zero attached hydrogens (tertiary/aromatic N) is 1. The Morgan fingerprint density at radius 2 is 2.00 bits per heavy atom. The van der Waals surface area contributed by atoms with Crippen LogP contribution in [0.3, 0.4) is 0 Å². The zero-order valence-electron chi connectivity index (χ0n) is 13.0. The van der Waals surface area contributed by atoms with Crippen molar-refractivity contribution in [2.45, 2.75) is 39.3 Å². The van der Waals surface area contributed by atoms with Gasteiger partial charge in [-0.05, 0) is 23.4 Å². The van der Waals surface area contributed by atoms with Crippen molar-refractivity contribution in [1.29, 1.82) is 0 Å². The first-order chi connectivity index (χ1) is 10.5. The largest absolute Gasteiger partial charge is 0.480 e. The zero-order chi connectivity index (χ0) is 16.1. The Bertz CT molecular complexity index is 663. The molecule has 2 atom stereocenters. The first kappa shape index (κ1) is 16.1. The van der Waals surface area contributed by atoms with Crippen LogP contribution in [0.15, 0.2) is 36.5 Å². The maximum absolute atomic E-state index is 12.0. The molecule has 0 unspecified atom stereocenters. The molecular weight excluding hydrogens is 280 g/mol. The van der Waals surface area contributed by atoms with E-state index in [4.69, 9.17) is 0 Å². The summed E-state index contributed by atoms with van der Waals surface area (Å²) < 4.78 is 2.01. The van der Waals surface area contributed by atoms with Gasteiger partial charge in [-0.3, -0.25) is 4.79 Å². The Morgan fingerprint density at radius 3 is 2.68 bits per heavy atom. The Labute approximate surface area is 129 Å². The van der Waals surface area contributed by atoms with E-state index in [1.807, 2.05) is 54.9 Å². The fourth-order valence-corrected chi connectivity index (χ4v) is 2.49. The summed E-state index contributed by atoms with van der Waals surface area (Å²) in [6, 6.07) is 9.15. The molecule has 2 N–H and O–H groups in total. The molecule has 1 amide bonds. The van der Waals surface area contributed by atoms with Crippen molar-refractivity contribution in [3.05, 3.63) is 36.5 Å². The number of rotatable bonds is 7. The summed E-state index contributed by atoms with van der Waals surface area (Å²) in [5, 5.41) is 13.0. The lowest BCUT2D eigenvalue weighted by Crippen LogP contribution is -2.45. The van der Waals surface area contributed by atoms with Crippen molar-refractivity contribution >= 4 is 22.8 Å². The van der Waals surface area contributed by atoms with Gasteiger partial charge in [-0.25, -0.2) is 4.79 Å². The number of para-hydroxylation sites is 1. The van der Waals surface area contributed by atoms with E-state index in [1.165, 1.54) is 0 Å². The predicted molar refractivity (Wildman–Crippen MR) is 85.6 cm³/mol. The SMILES string of the molecule is CC[C@H](C)[C@H](NC(=O)CCn1ccc2ccccc21)C(=O)O. The number of nitrogens with one attached hydrogen (secondary N) is 1. The van der Waals surface area contributed by atoms with Gasteiger partial charge in [0.15, 0.2) is 0 Å². The van der Waals surface area contributed by atoms with Crippen molar-refractivity contribution in [1.82, 2.24) is 9.88 Å². The quantitative estimate of drug-likeness (QED) is 0.826. The first-order valence-corrected chi connectivity index (χ1v) is 7.59. The van der Waals surface area contributed by atoms with Crippen molar-refractivity contribution in [3.63, 3.8) is 0 Å². The zero-order valence-corrected chi connectivity index (χ0v) is 13.0. The van der Waals surface area contributed by atoms with Crippen LogP contribution in [0, 0.1) is 5.92 Å². The van der Waals surface area contributed by atoms with Gasteiger partial charge in [0, 0.05) is 24.7 Å². The number of aryl methyl sites for hydroxylation is 1. The summed E-state index contributed by atoms with van der Waals surface area (Å²) in [6.45, 7) is 4.28. The van der Waals surface area contributed by atoms with Crippen LogP contribution in [0.5, 0.6) is 0 Å². The molecule has 5 heteroatoms. The smallest absolute Gasteiger partial charge is 0.326 e. The second-order valence-electron chi connectivity index (χ2n) is 5.59. The molecule has 2 rings (SSSR count). The molecular formula is C17H22N2O3. The van der Waals surface area contributed by atoms with E-state index in [2.05, 4.69) is 5.32 Å². The van der Waals surface area contributed by atoms with Crippen LogP contribution < -0.4 is 5.32 Å². The van der Waals surface area contributed by atoms with Gasteiger partial charge in [-0.15, -0.1) is 0 Å². The predicted octanol–water partition coefficient (Wildman–Crippen LogP) is 2.65. The van der Waals surface area contributed by atoms with Gasteiger partial charge in [0.2, 0.25) is 5.91 Å².